The Morgan fingerprint density at radius 2 is 2.09 bits per heavy atom. The van der Waals surface area contributed by atoms with Crippen molar-refractivity contribution in [1.29, 1.82) is 0 Å². The van der Waals surface area contributed by atoms with Gasteiger partial charge in [-0.1, -0.05) is 5.10 Å². The van der Waals surface area contributed by atoms with Crippen LogP contribution in [0.15, 0.2) is 27.8 Å². The Balaban J connectivity index is 2.46. The van der Waals surface area contributed by atoms with Crippen molar-refractivity contribution < 1.29 is 26.9 Å². The highest BCUT2D eigenvalue weighted by Gasteiger charge is 2.38. The zero-order valence-electron chi connectivity index (χ0n) is 11.4. The van der Waals surface area contributed by atoms with Crippen molar-refractivity contribution in [1.82, 2.24) is 10.2 Å². The zero-order valence-corrected chi connectivity index (χ0v) is 12.2. The molecule has 0 bridgehead atoms. The predicted octanol–water partition coefficient (Wildman–Crippen LogP) is 2.39. The molecule has 1 amide bonds. The summed E-state index contributed by atoms with van der Waals surface area (Å²) in [6.45, 7) is 1.30. The number of hydrogen-bond donors (Lipinski definition) is 1. The second-order valence-electron chi connectivity index (χ2n) is 4.26. The SMILES string of the molecule is Cc1c(C(=O)Nc2nnco2)ccc(C(F)(F)F)c1[S@+](C)[O-]. The van der Waals surface area contributed by atoms with Crippen LogP contribution in [0.5, 0.6) is 0 Å². The van der Waals surface area contributed by atoms with Crippen molar-refractivity contribution in [2.24, 2.45) is 0 Å². The summed E-state index contributed by atoms with van der Waals surface area (Å²) in [5.41, 5.74) is -1.11. The van der Waals surface area contributed by atoms with Crippen LogP contribution in [0, 0.1) is 6.92 Å². The number of hydrogen-bond acceptors (Lipinski definition) is 5. The molecule has 0 spiro atoms. The van der Waals surface area contributed by atoms with Gasteiger partial charge in [0.15, 0.2) is 4.90 Å². The maximum atomic E-state index is 13.0. The van der Waals surface area contributed by atoms with Gasteiger partial charge < -0.3 is 8.97 Å². The molecule has 10 heteroatoms. The molecule has 0 saturated heterocycles. The van der Waals surface area contributed by atoms with Gasteiger partial charge in [0.05, 0.1) is 0 Å². The minimum atomic E-state index is -4.66. The smallest absolute Gasteiger partial charge is 0.421 e. The molecule has 1 atom stereocenters. The molecule has 2 aromatic rings. The second kappa shape index (κ2) is 5.97. The Labute approximate surface area is 125 Å². The summed E-state index contributed by atoms with van der Waals surface area (Å²) in [5, 5.41) is 9.04. The van der Waals surface area contributed by atoms with E-state index in [1.807, 2.05) is 0 Å². The molecule has 1 aromatic heterocycles. The van der Waals surface area contributed by atoms with Crippen molar-refractivity contribution in [3.8, 4) is 0 Å². The van der Waals surface area contributed by atoms with E-state index in [-0.39, 0.29) is 17.1 Å². The molecule has 2 rings (SSSR count). The number of rotatable bonds is 3. The second-order valence-corrected chi connectivity index (χ2v) is 5.58. The fraction of sp³-hybridized carbons (Fsp3) is 0.250. The van der Waals surface area contributed by atoms with Crippen LogP contribution < -0.4 is 5.32 Å². The van der Waals surface area contributed by atoms with E-state index in [1.165, 1.54) is 6.92 Å². The first-order valence-corrected chi connectivity index (χ1v) is 7.39. The van der Waals surface area contributed by atoms with Crippen molar-refractivity contribution >= 4 is 23.1 Å². The summed E-state index contributed by atoms with van der Waals surface area (Å²) < 4.78 is 55.3. The summed E-state index contributed by atoms with van der Waals surface area (Å²) in [4.78, 5) is 11.6. The Kier molecular flexibility index (Phi) is 4.42. The van der Waals surface area contributed by atoms with E-state index in [0.717, 1.165) is 24.8 Å². The first-order valence-electron chi connectivity index (χ1n) is 5.83. The minimum absolute atomic E-state index is 0.0207. The highest BCUT2D eigenvalue weighted by molar-refractivity contribution is 7.90. The minimum Gasteiger partial charge on any atom is -0.612 e. The summed E-state index contributed by atoms with van der Waals surface area (Å²) >= 11 is -1.92. The number of nitrogens with one attached hydrogen (secondary N) is 1. The topological polar surface area (TPSA) is 91.1 Å². The molecule has 118 valence electrons. The van der Waals surface area contributed by atoms with Gasteiger partial charge in [-0.3, -0.25) is 10.1 Å². The number of aromatic nitrogens is 2. The number of alkyl halides is 3. The number of carbonyl (C=O) groups excluding carboxylic acids is 1. The average Bonchev–Trinajstić information content (AvgIpc) is 2.89. The van der Waals surface area contributed by atoms with Crippen LogP contribution in [0.1, 0.15) is 21.5 Å². The summed E-state index contributed by atoms with van der Waals surface area (Å²) in [6, 6.07) is 1.55. The molecule has 22 heavy (non-hydrogen) atoms. The monoisotopic (exact) mass is 333 g/mol. The Hall–Kier alpha value is -2.07. The maximum Gasteiger partial charge on any atom is 0.421 e. The van der Waals surface area contributed by atoms with E-state index in [1.54, 1.807) is 0 Å². The first kappa shape index (κ1) is 16.3. The van der Waals surface area contributed by atoms with E-state index in [2.05, 4.69) is 15.5 Å². The van der Waals surface area contributed by atoms with Gasteiger partial charge in [-0.15, -0.1) is 5.10 Å². The van der Waals surface area contributed by atoms with Gasteiger partial charge in [0.1, 0.15) is 11.8 Å². The Bertz CT molecular complexity index is 687. The lowest BCUT2D eigenvalue weighted by Gasteiger charge is -2.17. The third-order valence-corrected chi connectivity index (χ3v) is 3.92. The molecule has 0 radical (unpaired) electrons. The van der Waals surface area contributed by atoms with Crippen LogP contribution in [-0.4, -0.2) is 26.9 Å². The van der Waals surface area contributed by atoms with E-state index >= 15 is 0 Å². The average molecular weight is 333 g/mol. The van der Waals surface area contributed by atoms with Crippen molar-refractivity contribution in [2.45, 2.75) is 18.0 Å². The van der Waals surface area contributed by atoms with E-state index < -0.39 is 33.7 Å². The van der Waals surface area contributed by atoms with Gasteiger partial charge >= 0.3 is 12.2 Å². The number of nitrogens with zero attached hydrogens (tertiary/aromatic N) is 2. The van der Waals surface area contributed by atoms with Gasteiger partial charge in [0.25, 0.3) is 5.91 Å². The van der Waals surface area contributed by atoms with Crippen LogP contribution in [0.3, 0.4) is 0 Å². The molecular weight excluding hydrogens is 323 g/mol. The quantitative estimate of drug-likeness (QED) is 0.871. The summed E-state index contributed by atoms with van der Waals surface area (Å²) in [5.74, 6) is -0.734. The lowest BCUT2D eigenvalue weighted by atomic mass is 10.0. The van der Waals surface area contributed by atoms with Crippen molar-refractivity contribution in [2.75, 3.05) is 11.6 Å². The molecule has 1 N–H and O–H groups in total. The number of anilines is 1. The maximum absolute atomic E-state index is 13.0. The molecule has 0 aliphatic rings. The summed E-state index contributed by atoms with van der Waals surface area (Å²) in [6.07, 6.45) is -2.55. The first-order chi connectivity index (χ1) is 10.2. The fourth-order valence-electron chi connectivity index (χ4n) is 1.92. The van der Waals surface area contributed by atoms with Crippen LogP contribution in [-0.2, 0) is 17.4 Å². The number of benzene rings is 1. The molecular formula is C12H10F3N3O3S. The van der Waals surface area contributed by atoms with Crippen LogP contribution >= 0.6 is 0 Å². The molecule has 0 unspecified atom stereocenters. The van der Waals surface area contributed by atoms with E-state index in [0.29, 0.717) is 0 Å². The third kappa shape index (κ3) is 3.22. The number of amides is 1. The molecule has 0 fully saturated rings. The van der Waals surface area contributed by atoms with Gasteiger partial charge in [0.2, 0.25) is 6.39 Å². The molecule has 1 aromatic carbocycles. The standard InChI is InChI=1S/C12H10F3N3O3S/c1-6-7(10(19)17-11-18-16-5-21-11)3-4-8(12(13,14)15)9(6)22(2)20/h3-5H,1-2H3,(H,17,18,19)/t22-/m0/s1. The Morgan fingerprint density at radius 3 is 2.59 bits per heavy atom. The number of carbonyl (C=O) groups is 1. The number of halogens is 3. The van der Waals surface area contributed by atoms with Gasteiger partial charge in [-0.25, -0.2) is 0 Å². The van der Waals surface area contributed by atoms with Crippen molar-refractivity contribution in [3.63, 3.8) is 0 Å². The molecule has 0 saturated carbocycles. The zero-order chi connectivity index (χ0) is 16.5. The molecule has 6 nitrogen and oxygen atoms in total. The van der Waals surface area contributed by atoms with Crippen molar-refractivity contribution in [3.05, 3.63) is 35.2 Å². The molecule has 0 aliphatic carbocycles. The normalized spacial score (nSPS) is 13.0. The lowest BCUT2D eigenvalue weighted by molar-refractivity contribution is -0.139. The molecule has 0 aliphatic heterocycles. The van der Waals surface area contributed by atoms with Gasteiger partial charge in [-0.05, 0) is 30.2 Å². The van der Waals surface area contributed by atoms with E-state index in [4.69, 9.17) is 4.42 Å². The highest BCUT2D eigenvalue weighted by Crippen LogP contribution is 2.36. The van der Waals surface area contributed by atoms with Gasteiger partial charge in [0, 0.05) is 11.1 Å². The Morgan fingerprint density at radius 1 is 1.41 bits per heavy atom. The van der Waals surface area contributed by atoms with E-state index in [9.17, 15) is 22.5 Å². The summed E-state index contributed by atoms with van der Waals surface area (Å²) in [7, 11) is 0. The molecule has 1 heterocycles. The van der Waals surface area contributed by atoms with Crippen LogP contribution in [0.2, 0.25) is 0 Å². The van der Waals surface area contributed by atoms with Gasteiger partial charge in [-0.2, -0.15) is 13.2 Å². The predicted molar refractivity (Wildman–Crippen MR) is 70.8 cm³/mol. The van der Waals surface area contributed by atoms with Crippen LogP contribution in [0.4, 0.5) is 19.2 Å². The third-order valence-electron chi connectivity index (χ3n) is 2.82. The largest absolute Gasteiger partial charge is 0.612 e. The van der Waals surface area contributed by atoms with Crippen LogP contribution in [0.25, 0.3) is 0 Å². The lowest BCUT2D eigenvalue weighted by Crippen LogP contribution is -2.19. The highest BCUT2D eigenvalue weighted by atomic mass is 32.2. The fourth-order valence-corrected chi connectivity index (χ4v) is 2.96.